The zero-order valence-corrected chi connectivity index (χ0v) is 6.74. The normalized spacial score (nSPS) is 25.1. The summed E-state index contributed by atoms with van der Waals surface area (Å²) in [7, 11) is 0. The second-order valence-corrected chi connectivity index (χ2v) is 3.48. The molecule has 11 heavy (non-hydrogen) atoms. The molecule has 0 aromatic heterocycles. The Bertz CT molecular complexity index is 134. The van der Waals surface area contributed by atoms with Gasteiger partial charge in [-0.1, -0.05) is 19.3 Å². The minimum atomic E-state index is -2.94. The SMILES string of the molecule is CC(F)(F)C1(O)CCCCC1. The van der Waals surface area contributed by atoms with E-state index in [1.165, 1.54) is 0 Å². The molecule has 0 bridgehead atoms. The van der Waals surface area contributed by atoms with Crippen molar-refractivity contribution in [2.24, 2.45) is 0 Å². The highest BCUT2D eigenvalue weighted by molar-refractivity contribution is 4.92. The number of halogens is 2. The van der Waals surface area contributed by atoms with Crippen molar-refractivity contribution in [3.8, 4) is 0 Å². The third kappa shape index (κ3) is 1.70. The second kappa shape index (κ2) is 2.70. The van der Waals surface area contributed by atoms with E-state index in [1.54, 1.807) is 0 Å². The van der Waals surface area contributed by atoms with Crippen molar-refractivity contribution in [1.82, 2.24) is 0 Å². The van der Waals surface area contributed by atoms with E-state index in [9.17, 15) is 13.9 Å². The molecule has 0 atom stereocenters. The molecule has 1 aliphatic carbocycles. The minimum absolute atomic E-state index is 0.247. The fourth-order valence-corrected chi connectivity index (χ4v) is 1.58. The summed E-state index contributed by atoms with van der Waals surface area (Å²) in [6.45, 7) is 0.804. The van der Waals surface area contributed by atoms with E-state index in [0.29, 0.717) is 0 Å². The Morgan fingerprint density at radius 3 is 1.91 bits per heavy atom. The first kappa shape index (κ1) is 8.91. The molecule has 1 saturated carbocycles. The first-order chi connectivity index (χ1) is 4.96. The molecule has 1 aliphatic rings. The maximum atomic E-state index is 12.7. The summed E-state index contributed by atoms with van der Waals surface area (Å²) in [5.74, 6) is -2.94. The number of rotatable bonds is 1. The van der Waals surface area contributed by atoms with Crippen LogP contribution in [0.2, 0.25) is 0 Å². The molecule has 1 nitrogen and oxygen atoms in total. The van der Waals surface area contributed by atoms with Crippen LogP contribution in [0.1, 0.15) is 39.0 Å². The highest BCUT2D eigenvalue weighted by Gasteiger charge is 2.48. The van der Waals surface area contributed by atoms with Crippen LogP contribution >= 0.6 is 0 Å². The van der Waals surface area contributed by atoms with Gasteiger partial charge >= 0.3 is 0 Å². The van der Waals surface area contributed by atoms with Crippen LogP contribution in [0.15, 0.2) is 0 Å². The topological polar surface area (TPSA) is 20.2 Å². The summed E-state index contributed by atoms with van der Waals surface area (Å²) in [4.78, 5) is 0. The van der Waals surface area contributed by atoms with Crippen molar-refractivity contribution in [2.75, 3.05) is 0 Å². The van der Waals surface area contributed by atoms with Gasteiger partial charge in [-0.25, -0.2) is 8.78 Å². The predicted octanol–water partition coefficient (Wildman–Crippen LogP) is 2.34. The van der Waals surface area contributed by atoms with Gasteiger partial charge < -0.3 is 5.11 Å². The fourth-order valence-electron chi connectivity index (χ4n) is 1.58. The zero-order chi connectivity index (χ0) is 8.54. The maximum absolute atomic E-state index is 12.7. The number of hydrogen-bond donors (Lipinski definition) is 1. The summed E-state index contributed by atoms with van der Waals surface area (Å²) in [5.41, 5.74) is -1.72. The van der Waals surface area contributed by atoms with Crippen LogP contribution < -0.4 is 0 Å². The number of hydrogen-bond acceptors (Lipinski definition) is 1. The number of alkyl halides is 2. The lowest BCUT2D eigenvalue weighted by atomic mass is 9.81. The molecule has 0 heterocycles. The van der Waals surface area contributed by atoms with Gasteiger partial charge in [-0.05, 0) is 12.8 Å². The molecule has 0 saturated heterocycles. The number of aliphatic hydroxyl groups is 1. The van der Waals surface area contributed by atoms with Crippen LogP contribution in [0.5, 0.6) is 0 Å². The van der Waals surface area contributed by atoms with Gasteiger partial charge in [0.2, 0.25) is 0 Å². The van der Waals surface area contributed by atoms with Gasteiger partial charge in [0.15, 0.2) is 0 Å². The van der Waals surface area contributed by atoms with Gasteiger partial charge in [0.25, 0.3) is 5.92 Å². The van der Waals surface area contributed by atoms with E-state index < -0.39 is 11.5 Å². The summed E-state index contributed by atoms with van der Waals surface area (Å²) in [6.07, 6.45) is 2.91. The summed E-state index contributed by atoms with van der Waals surface area (Å²) < 4.78 is 25.5. The predicted molar refractivity (Wildman–Crippen MR) is 38.7 cm³/mol. The summed E-state index contributed by atoms with van der Waals surface area (Å²) in [5, 5.41) is 9.46. The molecule has 1 fully saturated rings. The minimum Gasteiger partial charge on any atom is -0.384 e. The molecule has 0 aromatic rings. The Labute approximate surface area is 65.4 Å². The Hall–Kier alpha value is -0.180. The van der Waals surface area contributed by atoms with Crippen LogP contribution in [-0.2, 0) is 0 Å². The van der Waals surface area contributed by atoms with Gasteiger partial charge in [0, 0.05) is 6.92 Å². The van der Waals surface area contributed by atoms with Gasteiger partial charge in [-0.2, -0.15) is 0 Å². The smallest absolute Gasteiger partial charge is 0.273 e. The third-order valence-electron chi connectivity index (χ3n) is 2.50. The third-order valence-corrected chi connectivity index (χ3v) is 2.50. The average molecular weight is 164 g/mol. The van der Waals surface area contributed by atoms with Crippen LogP contribution in [-0.4, -0.2) is 16.6 Å². The fraction of sp³-hybridized carbons (Fsp3) is 1.00. The van der Waals surface area contributed by atoms with Crippen molar-refractivity contribution < 1.29 is 13.9 Å². The Balaban J connectivity index is 2.64. The molecule has 0 aliphatic heterocycles. The van der Waals surface area contributed by atoms with Gasteiger partial charge in [-0.3, -0.25) is 0 Å². The van der Waals surface area contributed by atoms with Gasteiger partial charge in [0.05, 0.1) is 0 Å². The van der Waals surface area contributed by atoms with Crippen LogP contribution in [0.4, 0.5) is 8.78 Å². The van der Waals surface area contributed by atoms with E-state index in [1.807, 2.05) is 0 Å². The standard InChI is InChI=1S/C8H14F2O/c1-7(9,10)8(11)5-3-2-4-6-8/h11H,2-6H2,1H3. The molecule has 3 heteroatoms. The molecule has 0 spiro atoms. The highest BCUT2D eigenvalue weighted by atomic mass is 19.3. The van der Waals surface area contributed by atoms with Gasteiger partial charge in [-0.15, -0.1) is 0 Å². The Morgan fingerprint density at radius 1 is 1.18 bits per heavy atom. The quantitative estimate of drug-likeness (QED) is 0.630. The van der Waals surface area contributed by atoms with E-state index in [-0.39, 0.29) is 12.8 Å². The summed E-state index contributed by atoms with van der Waals surface area (Å²) >= 11 is 0. The molecule has 0 unspecified atom stereocenters. The molecule has 1 N–H and O–H groups in total. The monoisotopic (exact) mass is 164 g/mol. The van der Waals surface area contributed by atoms with Crippen LogP contribution in [0.3, 0.4) is 0 Å². The van der Waals surface area contributed by atoms with Crippen LogP contribution in [0, 0.1) is 0 Å². The Kier molecular flexibility index (Phi) is 2.19. The van der Waals surface area contributed by atoms with Crippen molar-refractivity contribution in [3.05, 3.63) is 0 Å². The molecular weight excluding hydrogens is 150 g/mol. The van der Waals surface area contributed by atoms with Crippen molar-refractivity contribution >= 4 is 0 Å². The molecule has 0 amide bonds. The average Bonchev–Trinajstić information content (AvgIpc) is 1.87. The van der Waals surface area contributed by atoms with E-state index in [0.717, 1.165) is 26.2 Å². The first-order valence-electron chi connectivity index (χ1n) is 4.06. The first-order valence-corrected chi connectivity index (χ1v) is 4.06. The molecular formula is C8H14F2O. The lowest BCUT2D eigenvalue weighted by Gasteiger charge is -2.36. The van der Waals surface area contributed by atoms with Crippen molar-refractivity contribution in [1.29, 1.82) is 0 Å². The summed E-state index contributed by atoms with van der Waals surface area (Å²) in [6, 6.07) is 0. The zero-order valence-electron chi connectivity index (χ0n) is 6.74. The van der Waals surface area contributed by atoms with E-state index in [2.05, 4.69) is 0 Å². The lowest BCUT2D eigenvalue weighted by Crippen LogP contribution is -2.47. The molecule has 66 valence electrons. The second-order valence-electron chi connectivity index (χ2n) is 3.48. The lowest BCUT2D eigenvalue weighted by molar-refractivity contribution is -0.184. The maximum Gasteiger partial charge on any atom is 0.273 e. The van der Waals surface area contributed by atoms with Crippen molar-refractivity contribution in [3.63, 3.8) is 0 Å². The Morgan fingerprint density at radius 2 is 1.64 bits per heavy atom. The van der Waals surface area contributed by atoms with E-state index in [4.69, 9.17) is 0 Å². The van der Waals surface area contributed by atoms with Gasteiger partial charge in [0.1, 0.15) is 5.60 Å². The molecule has 0 aromatic carbocycles. The molecule has 0 radical (unpaired) electrons. The largest absolute Gasteiger partial charge is 0.384 e. The highest BCUT2D eigenvalue weighted by Crippen LogP contribution is 2.39. The van der Waals surface area contributed by atoms with Crippen LogP contribution in [0.25, 0.3) is 0 Å². The molecule has 1 rings (SSSR count). The van der Waals surface area contributed by atoms with E-state index >= 15 is 0 Å². The van der Waals surface area contributed by atoms with Crippen molar-refractivity contribution in [2.45, 2.75) is 50.6 Å².